The lowest BCUT2D eigenvalue weighted by atomic mass is 10.1. The first-order valence-electron chi connectivity index (χ1n) is 13.8. The molecule has 0 rings (SSSR count). The number of carboxylic acid groups (broad SMARTS) is 1. The molecule has 0 amide bonds. The first kappa shape index (κ1) is 33.9. The maximum atomic E-state index is 12.8. The number of rotatable bonds is 25. The van der Waals surface area contributed by atoms with Gasteiger partial charge in [0, 0.05) is 11.9 Å². The Morgan fingerprint density at radius 2 is 1.32 bits per heavy atom. The van der Waals surface area contributed by atoms with E-state index in [1.807, 2.05) is 6.92 Å². The summed E-state index contributed by atoms with van der Waals surface area (Å²) in [5, 5.41) is 9.44. The average molecular weight is 525 g/mol. The number of unbranched alkanes of at least 4 members (excludes halogenated alkanes) is 12. The van der Waals surface area contributed by atoms with Crippen molar-refractivity contribution in [2.75, 3.05) is 12.4 Å². The lowest BCUT2D eigenvalue weighted by molar-refractivity contribution is -0.146. The van der Waals surface area contributed by atoms with Crippen molar-refractivity contribution in [3.8, 4) is 0 Å². The molecule has 0 aliphatic rings. The Hall–Kier alpha value is -0.0700. The Morgan fingerprint density at radius 1 is 0.824 bits per heavy atom. The number of thioether (sulfide) groups is 1. The van der Waals surface area contributed by atoms with Crippen LogP contribution < -0.4 is 0 Å². The molecule has 6 nitrogen and oxygen atoms in total. The Labute approximate surface area is 213 Å². The molecule has 4 atom stereocenters. The zero-order valence-electron chi connectivity index (χ0n) is 22.3. The number of hydrogen-bond donors (Lipinski definition) is 2. The topological polar surface area (TPSA) is 93.1 Å². The summed E-state index contributed by atoms with van der Waals surface area (Å²) < 4.78 is 23.4. The smallest absolute Gasteiger partial charge is 0.368 e. The Kier molecular flexibility index (Phi) is 22.1. The van der Waals surface area contributed by atoms with E-state index in [9.17, 15) is 19.4 Å². The summed E-state index contributed by atoms with van der Waals surface area (Å²) in [6.45, 7) is 8.15. The molecule has 0 bridgehead atoms. The van der Waals surface area contributed by atoms with Crippen LogP contribution in [-0.2, 0) is 18.6 Å². The summed E-state index contributed by atoms with van der Waals surface area (Å²) >= 11 is 1.80. The molecule has 0 aliphatic carbocycles. The summed E-state index contributed by atoms with van der Waals surface area (Å²) in [4.78, 5) is 21.9. The monoisotopic (exact) mass is 524 g/mol. The van der Waals surface area contributed by atoms with Crippen LogP contribution in [0.15, 0.2) is 0 Å². The molecular formula is C26H53O6PS. The lowest BCUT2D eigenvalue weighted by Gasteiger charge is -2.28. The molecule has 0 saturated carbocycles. The van der Waals surface area contributed by atoms with E-state index in [1.165, 1.54) is 70.6 Å². The highest BCUT2D eigenvalue weighted by atomic mass is 32.2. The minimum Gasteiger partial charge on any atom is -0.479 e. The van der Waals surface area contributed by atoms with E-state index >= 15 is 0 Å². The average Bonchev–Trinajstić information content (AvgIpc) is 2.78. The van der Waals surface area contributed by atoms with E-state index in [4.69, 9.17) is 9.26 Å². The van der Waals surface area contributed by atoms with E-state index in [0.29, 0.717) is 6.42 Å². The molecule has 0 aromatic heterocycles. The summed E-state index contributed by atoms with van der Waals surface area (Å²) in [6.07, 6.45) is 18.3. The highest BCUT2D eigenvalue weighted by Gasteiger charge is 2.42. The quantitative estimate of drug-likeness (QED) is 0.0914. The Morgan fingerprint density at radius 3 is 1.82 bits per heavy atom. The van der Waals surface area contributed by atoms with Crippen molar-refractivity contribution in [2.45, 2.75) is 148 Å². The van der Waals surface area contributed by atoms with Crippen molar-refractivity contribution in [1.82, 2.24) is 0 Å². The molecule has 204 valence electrons. The van der Waals surface area contributed by atoms with Gasteiger partial charge in [-0.05, 0) is 31.9 Å². The second-order valence-electron chi connectivity index (χ2n) is 9.38. The minimum atomic E-state index is -4.45. The summed E-state index contributed by atoms with van der Waals surface area (Å²) in [6, 6.07) is 0. The highest BCUT2D eigenvalue weighted by Crippen LogP contribution is 2.50. The molecule has 0 aliphatic heterocycles. The van der Waals surface area contributed by atoms with Gasteiger partial charge in [0.05, 0.1) is 6.10 Å². The molecule has 0 heterocycles. The molecule has 0 fully saturated rings. The number of carboxylic acids is 1. The van der Waals surface area contributed by atoms with E-state index in [1.54, 1.807) is 18.7 Å². The number of aliphatic carboxylic acids is 1. The third-order valence-electron chi connectivity index (χ3n) is 6.00. The van der Waals surface area contributed by atoms with Crippen molar-refractivity contribution < 1.29 is 28.6 Å². The van der Waals surface area contributed by atoms with Gasteiger partial charge >= 0.3 is 13.6 Å². The maximum Gasteiger partial charge on any atom is 0.368 e. The van der Waals surface area contributed by atoms with Crippen molar-refractivity contribution in [3.05, 3.63) is 0 Å². The van der Waals surface area contributed by atoms with E-state index in [-0.39, 0.29) is 11.9 Å². The van der Waals surface area contributed by atoms with Crippen LogP contribution in [0.2, 0.25) is 0 Å². The van der Waals surface area contributed by atoms with Gasteiger partial charge in [0.2, 0.25) is 0 Å². The van der Waals surface area contributed by atoms with Gasteiger partial charge in [-0.25, -0.2) is 4.79 Å². The molecule has 8 heteroatoms. The van der Waals surface area contributed by atoms with Crippen LogP contribution in [0.3, 0.4) is 0 Å². The van der Waals surface area contributed by atoms with Gasteiger partial charge in [0.25, 0.3) is 5.85 Å². The Balaban J connectivity index is 4.65. The molecule has 0 spiro atoms. The molecule has 2 N–H and O–H groups in total. The van der Waals surface area contributed by atoms with Crippen LogP contribution >= 0.6 is 19.4 Å². The van der Waals surface area contributed by atoms with Crippen LogP contribution in [-0.4, -0.2) is 45.5 Å². The summed E-state index contributed by atoms with van der Waals surface area (Å²) in [5.41, 5.74) is 0. The van der Waals surface area contributed by atoms with Crippen molar-refractivity contribution in [1.29, 1.82) is 0 Å². The third-order valence-corrected chi connectivity index (χ3v) is 9.17. The first-order chi connectivity index (χ1) is 16.3. The summed E-state index contributed by atoms with van der Waals surface area (Å²) in [7, 11) is -4.45. The van der Waals surface area contributed by atoms with Gasteiger partial charge in [-0.15, -0.1) is 0 Å². The zero-order valence-corrected chi connectivity index (χ0v) is 24.1. The fourth-order valence-corrected chi connectivity index (χ4v) is 6.67. The second-order valence-corrected chi connectivity index (χ2v) is 12.5. The van der Waals surface area contributed by atoms with Crippen LogP contribution in [0.25, 0.3) is 0 Å². The van der Waals surface area contributed by atoms with Gasteiger partial charge in [-0.2, -0.15) is 11.8 Å². The lowest BCUT2D eigenvalue weighted by Crippen LogP contribution is -2.30. The predicted molar refractivity (Wildman–Crippen MR) is 145 cm³/mol. The van der Waals surface area contributed by atoms with Crippen LogP contribution in [0.4, 0.5) is 0 Å². The molecule has 0 aromatic carbocycles. The molecule has 0 aromatic rings. The highest BCUT2D eigenvalue weighted by molar-refractivity contribution is 7.99. The Bertz CT molecular complexity index is 533. The zero-order chi connectivity index (χ0) is 25.7. The maximum absolute atomic E-state index is 12.8. The fraction of sp³-hybridized carbons (Fsp3) is 0.962. The molecule has 34 heavy (non-hydrogen) atoms. The van der Waals surface area contributed by atoms with Gasteiger partial charge in [0.1, 0.15) is 0 Å². The van der Waals surface area contributed by atoms with Crippen molar-refractivity contribution >= 4 is 25.3 Å². The second kappa shape index (κ2) is 22.2. The van der Waals surface area contributed by atoms with Crippen LogP contribution in [0.1, 0.15) is 130 Å². The molecule has 4 unspecified atom stereocenters. The van der Waals surface area contributed by atoms with E-state index in [0.717, 1.165) is 31.4 Å². The molecular weight excluding hydrogens is 471 g/mol. The number of ether oxygens (including phenoxy) is 1. The van der Waals surface area contributed by atoms with Gasteiger partial charge in [0.15, 0.2) is 0 Å². The van der Waals surface area contributed by atoms with E-state index < -0.39 is 25.5 Å². The fourth-order valence-electron chi connectivity index (χ4n) is 3.95. The summed E-state index contributed by atoms with van der Waals surface area (Å²) in [5.74, 6) is -2.29. The number of carbonyl (C=O) groups is 1. The molecule has 0 saturated heterocycles. The number of hydrogen-bond acceptors (Lipinski definition) is 5. The van der Waals surface area contributed by atoms with Crippen molar-refractivity contribution in [3.63, 3.8) is 0 Å². The van der Waals surface area contributed by atoms with Gasteiger partial charge in [-0.3, -0.25) is 4.57 Å². The van der Waals surface area contributed by atoms with Crippen molar-refractivity contribution in [2.24, 2.45) is 0 Å². The normalized spacial score (nSPS) is 16.1. The first-order valence-corrected chi connectivity index (χ1v) is 16.5. The van der Waals surface area contributed by atoms with Gasteiger partial charge in [-0.1, -0.05) is 104 Å². The predicted octanol–water partition coefficient (Wildman–Crippen LogP) is 8.41. The van der Waals surface area contributed by atoms with E-state index in [2.05, 4.69) is 13.8 Å². The minimum absolute atomic E-state index is 0.0664. The standard InChI is InChI=1S/C26H53O6PS/c1-5-8-10-12-13-14-15-17-19-22-34-24(20-18-16-11-9-6-2)23(4)32-33(29,30)26(25(27)28)31-21-7-3/h23-24,26H,5-22H2,1-4H3,(H,27,28)(H,29,30). The SMILES string of the molecule is CCCCCCCCCCCSC(CCCCCCC)C(C)OP(=O)(O)C(OCCC)C(=O)O. The van der Waals surface area contributed by atoms with Gasteiger partial charge < -0.3 is 19.3 Å². The van der Waals surface area contributed by atoms with Crippen LogP contribution in [0.5, 0.6) is 0 Å². The third kappa shape index (κ3) is 17.4. The largest absolute Gasteiger partial charge is 0.479 e. The molecule has 0 radical (unpaired) electrons. The van der Waals surface area contributed by atoms with Crippen LogP contribution in [0, 0.1) is 0 Å².